The molecule has 2 aliphatic heterocycles. The summed E-state index contributed by atoms with van der Waals surface area (Å²) < 4.78 is 11.3. The van der Waals surface area contributed by atoms with Crippen LogP contribution in [0.1, 0.15) is 6.92 Å². The van der Waals surface area contributed by atoms with Gasteiger partial charge >= 0.3 is 0 Å². The molecular weight excluding hydrogens is 180 g/mol. The Kier molecular flexibility index (Phi) is 3.75. The Labute approximate surface area is 85.5 Å². The quantitative estimate of drug-likeness (QED) is 0.675. The van der Waals surface area contributed by atoms with Gasteiger partial charge in [0.15, 0.2) is 0 Å². The molecule has 14 heavy (non-hydrogen) atoms. The lowest BCUT2D eigenvalue weighted by molar-refractivity contribution is -0.0917. The summed E-state index contributed by atoms with van der Waals surface area (Å²) in [6.07, 6.45) is 0.708. The zero-order valence-electron chi connectivity index (χ0n) is 8.87. The van der Waals surface area contributed by atoms with Crippen molar-refractivity contribution in [3.63, 3.8) is 0 Å². The number of likely N-dealkylation sites (N-methyl/N-ethyl adjacent to an activating group) is 1. The molecule has 0 spiro atoms. The van der Waals surface area contributed by atoms with E-state index in [2.05, 4.69) is 17.1 Å². The van der Waals surface area contributed by atoms with E-state index in [9.17, 15) is 0 Å². The van der Waals surface area contributed by atoms with E-state index in [1.165, 1.54) is 0 Å². The molecule has 0 aliphatic carbocycles. The van der Waals surface area contributed by atoms with Crippen LogP contribution in [0.25, 0.3) is 0 Å². The number of rotatable bonds is 4. The van der Waals surface area contributed by atoms with E-state index < -0.39 is 0 Å². The van der Waals surface area contributed by atoms with E-state index in [0.717, 1.165) is 45.9 Å². The fourth-order valence-corrected chi connectivity index (χ4v) is 1.79. The second kappa shape index (κ2) is 5.07. The summed E-state index contributed by atoms with van der Waals surface area (Å²) in [5, 5.41) is 3.19. The van der Waals surface area contributed by atoms with Crippen LogP contribution in [0, 0.1) is 0 Å². The highest BCUT2D eigenvalue weighted by Gasteiger charge is 2.23. The van der Waals surface area contributed by atoms with Gasteiger partial charge in [-0.2, -0.15) is 0 Å². The average molecular weight is 200 g/mol. The van der Waals surface area contributed by atoms with Gasteiger partial charge in [-0.1, -0.05) is 6.92 Å². The van der Waals surface area contributed by atoms with Crippen LogP contribution in [0.4, 0.5) is 0 Å². The number of hydrogen-bond acceptors (Lipinski definition) is 4. The van der Waals surface area contributed by atoms with E-state index >= 15 is 0 Å². The van der Waals surface area contributed by atoms with E-state index in [1.807, 2.05) is 0 Å². The average Bonchev–Trinajstić information content (AvgIpc) is 2.16. The van der Waals surface area contributed by atoms with Gasteiger partial charge in [0.2, 0.25) is 0 Å². The van der Waals surface area contributed by atoms with Crippen LogP contribution >= 0.6 is 0 Å². The normalized spacial score (nSPS) is 30.2. The van der Waals surface area contributed by atoms with Crippen molar-refractivity contribution >= 4 is 0 Å². The lowest BCUT2D eigenvalue weighted by atomic mass is 10.2. The van der Waals surface area contributed by atoms with Crippen LogP contribution in [0.2, 0.25) is 0 Å². The summed E-state index contributed by atoms with van der Waals surface area (Å²) in [6, 6.07) is 0. The molecule has 0 saturated carbocycles. The van der Waals surface area contributed by atoms with Gasteiger partial charge in [0.1, 0.15) is 0 Å². The van der Waals surface area contributed by atoms with E-state index in [4.69, 9.17) is 9.47 Å². The SMILES string of the molecule is CCN1CCOC(COC2CNC2)C1. The zero-order valence-corrected chi connectivity index (χ0v) is 8.87. The molecule has 82 valence electrons. The van der Waals surface area contributed by atoms with Crippen molar-refractivity contribution in [2.45, 2.75) is 19.1 Å². The van der Waals surface area contributed by atoms with E-state index in [-0.39, 0.29) is 6.10 Å². The highest BCUT2D eigenvalue weighted by molar-refractivity contribution is 4.77. The largest absolute Gasteiger partial charge is 0.373 e. The number of morpholine rings is 1. The number of hydrogen-bond donors (Lipinski definition) is 1. The number of nitrogens with zero attached hydrogens (tertiary/aromatic N) is 1. The summed E-state index contributed by atoms with van der Waals surface area (Å²) in [5.74, 6) is 0. The molecular formula is C10H20N2O2. The maximum absolute atomic E-state index is 5.70. The number of nitrogens with one attached hydrogen (secondary N) is 1. The van der Waals surface area contributed by atoms with Gasteiger partial charge in [0, 0.05) is 26.2 Å². The molecule has 0 radical (unpaired) electrons. The molecule has 4 nitrogen and oxygen atoms in total. The Morgan fingerprint density at radius 3 is 3.00 bits per heavy atom. The molecule has 1 unspecified atom stereocenters. The Bertz CT molecular complexity index is 174. The van der Waals surface area contributed by atoms with Crippen molar-refractivity contribution in [2.24, 2.45) is 0 Å². The molecule has 2 fully saturated rings. The molecule has 1 N–H and O–H groups in total. The topological polar surface area (TPSA) is 33.7 Å². The Morgan fingerprint density at radius 1 is 1.50 bits per heavy atom. The maximum Gasteiger partial charge on any atom is 0.0935 e. The predicted octanol–water partition coefficient (Wildman–Crippen LogP) is -0.304. The Morgan fingerprint density at radius 2 is 2.36 bits per heavy atom. The first-order chi connectivity index (χ1) is 6.88. The second-order valence-electron chi connectivity index (χ2n) is 4.00. The first kappa shape index (κ1) is 10.4. The van der Waals surface area contributed by atoms with Crippen LogP contribution in [0.3, 0.4) is 0 Å². The first-order valence-electron chi connectivity index (χ1n) is 5.54. The summed E-state index contributed by atoms with van der Waals surface area (Å²) in [6.45, 7) is 9.01. The lowest BCUT2D eigenvalue weighted by Gasteiger charge is -2.34. The summed E-state index contributed by atoms with van der Waals surface area (Å²) in [5.41, 5.74) is 0. The van der Waals surface area contributed by atoms with Gasteiger partial charge in [-0.05, 0) is 6.54 Å². The fraction of sp³-hybridized carbons (Fsp3) is 1.00. The molecule has 2 rings (SSSR count). The molecule has 0 aromatic rings. The molecule has 0 amide bonds. The zero-order chi connectivity index (χ0) is 9.80. The summed E-state index contributed by atoms with van der Waals surface area (Å²) >= 11 is 0. The highest BCUT2D eigenvalue weighted by atomic mass is 16.5. The van der Waals surface area contributed by atoms with E-state index in [0.29, 0.717) is 6.10 Å². The van der Waals surface area contributed by atoms with Gasteiger partial charge in [-0.15, -0.1) is 0 Å². The van der Waals surface area contributed by atoms with Gasteiger partial charge in [0.05, 0.1) is 25.4 Å². The minimum atomic E-state index is 0.282. The van der Waals surface area contributed by atoms with Gasteiger partial charge in [0.25, 0.3) is 0 Å². The third kappa shape index (κ3) is 2.67. The van der Waals surface area contributed by atoms with Crippen molar-refractivity contribution < 1.29 is 9.47 Å². The third-order valence-electron chi connectivity index (χ3n) is 2.93. The van der Waals surface area contributed by atoms with Crippen molar-refractivity contribution in [1.29, 1.82) is 0 Å². The van der Waals surface area contributed by atoms with Crippen LogP contribution < -0.4 is 5.32 Å². The standard InChI is InChI=1S/C10H20N2O2/c1-2-12-3-4-13-10(7-12)8-14-9-5-11-6-9/h9-11H,2-8H2,1H3. The van der Waals surface area contributed by atoms with Crippen molar-refractivity contribution in [3.05, 3.63) is 0 Å². The minimum Gasteiger partial charge on any atom is -0.373 e. The van der Waals surface area contributed by atoms with Crippen LogP contribution in [-0.4, -0.2) is 63.0 Å². The van der Waals surface area contributed by atoms with Gasteiger partial charge in [-0.3, -0.25) is 4.90 Å². The lowest BCUT2D eigenvalue weighted by Crippen LogP contribution is -2.51. The summed E-state index contributed by atoms with van der Waals surface area (Å²) in [7, 11) is 0. The number of ether oxygens (including phenoxy) is 2. The summed E-state index contributed by atoms with van der Waals surface area (Å²) in [4.78, 5) is 2.41. The van der Waals surface area contributed by atoms with Gasteiger partial charge in [-0.25, -0.2) is 0 Å². The molecule has 0 aromatic heterocycles. The molecule has 1 atom stereocenters. The Hall–Kier alpha value is -0.160. The molecule has 0 bridgehead atoms. The smallest absolute Gasteiger partial charge is 0.0935 e. The molecule has 2 heterocycles. The first-order valence-corrected chi connectivity index (χ1v) is 5.54. The Balaban J connectivity index is 1.63. The van der Waals surface area contributed by atoms with Crippen molar-refractivity contribution in [3.8, 4) is 0 Å². The highest BCUT2D eigenvalue weighted by Crippen LogP contribution is 2.07. The molecule has 0 aromatic carbocycles. The fourth-order valence-electron chi connectivity index (χ4n) is 1.79. The maximum atomic E-state index is 5.70. The van der Waals surface area contributed by atoms with Crippen LogP contribution in [0.5, 0.6) is 0 Å². The molecule has 2 saturated heterocycles. The molecule has 2 aliphatic rings. The second-order valence-corrected chi connectivity index (χ2v) is 4.00. The van der Waals surface area contributed by atoms with Crippen LogP contribution in [0.15, 0.2) is 0 Å². The van der Waals surface area contributed by atoms with Crippen molar-refractivity contribution in [2.75, 3.05) is 45.9 Å². The van der Waals surface area contributed by atoms with Crippen LogP contribution in [-0.2, 0) is 9.47 Å². The van der Waals surface area contributed by atoms with Gasteiger partial charge < -0.3 is 14.8 Å². The predicted molar refractivity (Wildman–Crippen MR) is 54.5 cm³/mol. The monoisotopic (exact) mass is 200 g/mol. The minimum absolute atomic E-state index is 0.282. The molecule has 4 heteroatoms. The van der Waals surface area contributed by atoms with Crippen molar-refractivity contribution in [1.82, 2.24) is 10.2 Å². The third-order valence-corrected chi connectivity index (χ3v) is 2.93. The van der Waals surface area contributed by atoms with E-state index in [1.54, 1.807) is 0 Å².